The Hall–Kier alpha value is -2.29. The summed E-state index contributed by atoms with van der Waals surface area (Å²) in [7, 11) is 2.11. The second-order valence-corrected chi connectivity index (χ2v) is 9.58. The van der Waals surface area contributed by atoms with Crippen molar-refractivity contribution in [3.8, 4) is 11.3 Å². The molecule has 9 heteroatoms. The highest BCUT2D eigenvalue weighted by atomic mass is 35.5. The molecule has 2 aliphatic rings. The molecule has 7 nitrogen and oxygen atoms in total. The number of H-pyrrole nitrogens is 1. The number of amides is 1. The summed E-state index contributed by atoms with van der Waals surface area (Å²) in [5.74, 6) is 0.00869. The van der Waals surface area contributed by atoms with Gasteiger partial charge in [-0.1, -0.05) is 13.0 Å². The Bertz CT molecular complexity index is 1190. The smallest absolute Gasteiger partial charge is 0.252 e. The number of hydrogen-bond acceptors (Lipinski definition) is 5. The first-order chi connectivity index (χ1) is 16.6. The number of benzene rings is 2. The van der Waals surface area contributed by atoms with Crippen molar-refractivity contribution in [2.24, 2.45) is 0 Å². The number of hydrogen-bond donors (Lipinski definition) is 3. The van der Waals surface area contributed by atoms with Crippen LogP contribution in [0.4, 0.5) is 5.69 Å². The lowest BCUT2D eigenvalue weighted by molar-refractivity contribution is 0.0966. The maximum atomic E-state index is 12.7. The molecule has 0 bridgehead atoms. The Morgan fingerprint density at radius 2 is 1.78 bits per heavy atom. The molecule has 2 aliphatic heterocycles. The molecule has 0 saturated carbocycles. The number of fused-ring (bicyclic) bond motifs is 2. The van der Waals surface area contributed by atoms with E-state index in [2.05, 4.69) is 75.4 Å². The molecule has 3 N–H and O–H groups in total. The van der Waals surface area contributed by atoms with Gasteiger partial charge in [-0.2, -0.15) is 0 Å². The number of β-amino-alcohol motifs (C(OH)–C–C–N with tert-alkyl or cyclic N) is 1. The number of aromatic nitrogens is 1. The van der Waals surface area contributed by atoms with Gasteiger partial charge in [0.15, 0.2) is 0 Å². The average Bonchev–Trinajstić information content (AvgIpc) is 3.43. The van der Waals surface area contributed by atoms with Crippen LogP contribution in [0.25, 0.3) is 22.2 Å². The minimum atomic E-state index is 0. The average molecular weight is 535 g/mol. The molecule has 2 aromatic carbocycles. The summed E-state index contributed by atoms with van der Waals surface area (Å²) >= 11 is 0. The molecule has 1 fully saturated rings. The molecule has 0 radical (unpaired) electrons. The molecule has 0 atom stereocenters. The van der Waals surface area contributed by atoms with Crippen LogP contribution >= 0.6 is 24.8 Å². The molecule has 1 saturated heterocycles. The summed E-state index contributed by atoms with van der Waals surface area (Å²) in [6.07, 6.45) is 1.08. The maximum absolute atomic E-state index is 12.7. The number of aliphatic hydroxyl groups is 1. The highest BCUT2D eigenvalue weighted by molar-refractivity contribution is 6.06. The van der Waals surface area contributed by atoms with Crippen LogP contribution < -0.4 is 10.2 Å². The Kier molecular flexibility index (Phi) is 9.66. The van der Waals surface area contributed by atoms with Crippen molar-refractivity contribution in [3.63, 3.8) is 0 Å². The second kappa shape index (κ2) is 12.3. The van der Waals surface area contributed by atoms with Gasteiger partial charge in [0.25, 0.3) is 5.91 Å². The molecule has 196 valence electrons. The van der Waals surface area contributed by atoms with Crippen LogP contribution in [0.15, 0.2) is 36.4 Å². The zero-order valence-corrected chi connectivity index (χ0v) is 22.7. The summed E-state index contributed by atoms with van der Waals surface area (Å²) in [4.78, 5) is 23.3. The van der Waals surface area contributed by atoms with E-state index in [1.54, 1.807) is 0 Å². The number of aromatic amines is 1. The van der Waals surface area contributed by atoms with Gasteiger partial charge in [-0.05, 0) is 47.9 Å². The zero-order valence-electron chi connectivity index (χ0n) is 21.0. The Labute approximate surface area is 225 Å². The van der Waals surface area contributed by atoms with Crippen molar-refractivity contribution in [2.75, 3.05) is 57.8 Å². The molecule has 0 unspecified atom stereocenters. The Morgan fingerprint density at radius 3 is 2.50 bits per heavy atom. The first-order valence-corrected chi connectivity index (χ1v) is 12.4. The van der Waals surface area contributed by atoms with Gasteiger partial charge in [0, 0.05) is 87.3 Å². The van der Waals surface area contributed by atoms with E-state index in [-0.39, 0.29) is 37.3 Å². The van der Waals surface area contributed by atoms with Gasteiger partial charge < -0.3 is 20.3 Å². The van der Waals surface area contributed by atoms with Crippen LogP contribution in [0.1, 0.15) is 34.8 Å². The number of piperazine rings is 1. The quantitative estimate of drug-likeness (QED) is 0.409. The largest absolute Gasteiger partial charge is 0.395 e. The third-order valence-corrected chi connectivity index (χ3v) is 7.13. The number of anilines is 1. The standard InChI is InChI=1S/C27H35N5O2.2ClH/c1-3-6-30(2)22-14-21-17-28-27(34)26(21)23(16-22)25-15-20-13-19(4-5-24(20)29-25)18-32-9-7-31(8-10-32)11-12-33;;/h4-5,13-16,29,33H,3,6-12,17-18H2,1-2H3,(H,28,34);2*1H. The van der Waals surface area contributed by atoms with E-state index in [4.69, 9.17) is 5.11 Å². The zero-order chi connectivity index (χ0) is 23.7. The fourth-order valence-electron chi connectivity index (χ4n) is 5.25. The summed E-state index contributed by atoms with van der Waals surface area (Å²) in [6.45, 7) is 9.73. The normalized spacial score (nSPS) is 15.8. The van der Waals surface area contributed by atoms with E-state index in [1.165, 1.54) is 10.9 Å². The van der Waals surface area contributed by atoms with Gasteiger partial charge in [0.05, 0.1) is 12.2 Å². The molecular formula is C27H37Cl2N5O2. The summed E-state index contributed by atoms with van der Waals surface area (Å²) in [6, 6.07) is 13.1. The minimum Gasteiger partial charge on any atom is -0.395 e. The molecule has 1 aromatic heterocycles. The molecule has 3 aromatic rings. The lowest BCUT2D eigenvalue weighted by atomic mass is 9.98. The lowest BCUT2D eigenvalue weighted by Crippen LogP contribution is -2.46. The molecule has 0 aliphatic carbocycles. The highest BCUT2D eigenvalue weighted by Gasteiger charge is 2.26. The third kappa shape index (κ3) is 5.82. The van der Waals surface area contributed by atoms with Crippen molar-refractivity contribution in [2.45, 2.75) is 26.4 Å². The van der Waals surface area contributed by atoms with Crippen molar-refractivity contribution < 1.29 is 9.90 Å². The first kappa shape index (κ1) is 28.3. The molecular weight excluding hydrogens is 497 g/mol. The highest BCUT2D eigenvalue weighted by Crippen LogP contribution is 2.35. The van der Waals surface area contributed by atoms with Crippen LogP contribution in [0, 0.1) is 0 Å². The molecule has 5 rings (SSSR count). The van der Waals surface area contributed by atoms with Crippen molar-refractivity contribution >= 4 is 47.3 Å². The SMILES string of the molecule is CCCN(C)c1cc2c(c(-c3cc4cc(CN5CCN(CCO)CC5)ccc4[nH]3)c1)C(=O)NC2.Cl.Cl. The number of halogens is 2. The number of nitrogens with zero attached hydrogens (tertiary/aromatic N) is 3. The van der Waals surface area contributed by atoms with E-state index in [0.717, 1.165) is 85.8 Å². The maximum Gasteiger partial charge on any atom is 0.252 e. The van der Waals surface area contributed by atoms with Crippen LogP contribution in [-0.2, 0) is 13.1 Å². The predicted molar refractivity (Wildman–Crippen MR) is 152 cm³/mol. The monoisotopic (exact) mass is 533 g/mol. The molecule has 36 heavy (non-hydrogen) atoms. The third-order valence-electron chi connectivity index (χ3n) is 7.13. The summed E-state index contributed by atoms with van der Waals surface area (Å²) < 4.78 is 0. The second-order valence-electron chi connectivity index (χ2n) is 9.58. The van der Waals surface area contributed by atoms with Crippen molar-refractivity contribution in [3.05, 3.63) is 53.1 Å². The van der Waals surface area contributed by atoms with E-state index in [0.29, 0.717) is 6.54 Å². The number of carbonyl (C=O) groups excluding carboxylic acids is 1. The lowest BCUT2D eigenvalue weighted by Gasteiger charge is -2.34. The van der Waals surface area contributed by atoms with Gasteiger partial charge in [-0.25, -0.2) is 0 Å². The van der Waals surface area contributed by atoms with Crippen molar-refractivity contribution in [1.29, 1.82) is 0 Å². The topological polar surface area (TPSA) is 74.8 Å². The van der Waals surface area contributed by atoms with Gasteiger partial charge >= 0.3 is 0 Å². The minimum absolute atomic E-state index is 0. The van der Waals surface area contributed by atoms with E-state index in [1.807, 2.05) is 0 Å². The van der Waals surface area contributed by atoms with Gasteiger partial charge in [-0.15, -0.1) is 24.8 Å². The molecule has 1 amide bonds. The fraction of sp³-hybridized carbons (Fsp3) is 0.444. The molecule has 0 spiro atoms. The Morgan fingerprint density at radius 1 is 1.03 bits per heavy atom. The van der Waals surface area contributed by atoms with Crippen LogP contribution in [-0.4, -0.2) is 78.7 Å². The summed E-state index contributed by atoms with van der Waals surface area (Å²) in [5, 5.41) is 13.3. The van der Waals surface area contributed by atoms with Gasteiger partial charge in [0.1, 0.15) is 0 Å². The Balaban J connectivity index is 0.00000180. The van der Waals surface area contributed by atoms with Crippen molar-refractivity contribution in [1.82, 2.24) is 20.1 Å². The number of carbonyl (C=O) groups is 1. The van der Waals surface area contributed by atoms with Gasteiger partial charge in [-0.3, -0.25) is 14.6 Å². The van der Waals surface area contributed by atoms with Crippen LogP contribution in [0.5, 0.6) is 0 Å². The van der Waals surface area contributed by atoms with Gasteiger partial charge in [0.2, 0.25) is 0 Å². The number of aliphatic hydroxyl groups excluding tert-OH is 1. The van der Waals surface area contributed by atoms with E-state index >= 15 is 0 Å². The fourth-order valence-corrected chi connectivity index (χ4v) is 5.25. The van der Waals surface area contributed by atoms with E-state index in [9.17, 15) is 4.79 Å². The van der Waals surface area contributed by atoms with Crippen LogP contribution in [0.3, 0.4) is 0 Å². The number of nitrogens with one attached hydrogen (secondary N) is 2. The number of rotatable bonds is 8. The predicted octanol–water partition coefficient (Wildman–Crippen LogP) is 3.88. The van der Waals surface area contributed by atoms with E-state index < -0.39 is 0 Å². The summed E-state index contributed by atoms with van der Waals surface area (Å²) in [5.41, 5.74) is 7.36. The van der Waals surface area contributed by atoms with Crippen LogP contribution in [0.2, 0.25) is 0 Å². The first-order valence-electron chi connectivity index (χ1n) is 12.4. The molecule has 3 heterocycles.